The van der Waals surface area contributed by atoms with Gasteiger partial charge >= 0.3 is 0 Å². The molecule has 0 saturated carbocycles. The van der Waals surface area contributed by atoms with Crippen LogP contribution in [0.4, 0.5) is 5.69 Å². The van der Waals surface area contributed by atoms with E-state index in [4.69, 9.17) is 4.74 Å². The van der Waals surface area contributed by atoms with Crippen LogP contribution >= 0.6 is 0 Å². The molecule has 0 amide bonds. The third-order valence-electron chi connectivity index (χ3n) is 3.20. The maximum Gasteiger partial charge on any atom is 0.176 e. The molecule has 0 aliphatic carbocycles. The van der Waals surface area contributed by atoms with Crippen molar-refractivity contribution in [3.8, 4) is 5.75 Å². The summed E-state index contributed by atoms with van der Waals surface area (Å²) >= 11 is 0. The minimum absolute atomic E-state index is 0.108. The van der Waals surface area contributed by atoms with Gasteiger partial charge in [0, 0.05) is 11.8 Å². The van der Waals surface area contributed by atoms with Crippen LogP contribution in [-0.4, -0.2) is 44.1 Å². The van der Waals surface area contributed by atoms with Crippen LogP contribution in [-0.2, 0) is 0 Å². The molecule has 2 rings (SSSR count). The Morgan fingerprint density at radius 3 is 2.30 bits per heavy atom. The number of carbonyl (C=O) groups is 1. The van der Waals surface area contributed by atoms with Crippen molar-refractivity contribution in [1.29, 1.82) is 0 Å². The Kier molecular flexibility index (Phi) is 6.06. The topological polar surface area (TPSA) is 41.9 Å². The summed E-state index contributed by atoms with van der Waals surface area (Å²) in [6.45, 7) is 3.03. The molecule has 0 spiro atoms. The maximum atomic E-state index is 11.9. The van der Waals surface area contributed by atoms with Crippen LogP contribution in [0.15, 0.2) is 53.5 Å². The molecule has 0 aliphatic rings. The first kappa shape index (κ1) is 16.9. The predicted octanol–water partition coefficient (Wildman–Crippen LogP) is 3.58. The van der Waals surface area contributed by atoms with E-state index in [9.17, 15) is 4.79 Å². The van der Waals surface area contributed by atoms with Gasteiger partial charge in [-0.25, -0.2) is 0 Å². The summed E-state index contributed by atoms with van der Waals surface area (Å²) in [5.41, 5.74) is 2.53. The summed E-state index contributed by atoms with van der Waals surface area (Å²) in [6, 6.07) is 15.1. The zero-order chi connectivity index (χ0) is 16.7. The van der Waals surface area contributed by atoms with Crippen molar-refractivity contribution in [3.05, 3.63) is 59.7 Å². The van der Waals surface area contributed by atoms with Crippen molar-refractivity contribution in [1.82, 2.24) is 4.90 Å². The second kappa shape index (κ2) is 8.25. The van der Waals surface area contributed by atoms with E-state index in [1.807, 2.05) is 74.4 Å². The molecule has 4 heteroatoms. The number of Topliss-reactive ketones (excluding diaryl/α,β-unsaturated/α-hetero) is 1. The Morgan fingerprint density at radius 2 is 1.74 bits per heavy atom. The summed E-state index contributed by atoms with van der Waals surface area (Å²) in [4.78, 5) is 18.2. The molecule has 0 atom stereocenters. The quantitative estimate of drug-likeness (QED) is 0.580. The Bertz CT molecular complexity index is 659. The third kappa shape index (κ3) is 5.34. The monoisotopic (exact) mass is 310 g/mol. The van der Waals surface area contributed by atoms with Crippen molar-refractivity contribution in [2.45, 2.75) is 6.92 Å². The van der Waals surface area contributed by atoms with Crippen molar-refractivity contribution in [2.24, 2.45) is 4.99 Å². The molecule has 0 radical (unpaired) electrons. The lowest BCUT2D eigenvalue weighted by atomic mass is 10.1. The highest BCUT2D eigenvalue weighted by Gasteiger charge is 2.06. The normalized spacial score (nSPS) is 11.1. The van der Waals surface area contributed by atoms with E-state index in [2.05, 4.69) is 4.99 Å². The lowest BCUT2D eigenvalue weighted by Crippen LogP contribution is -2.21. The fourth-order valence-electron chi connectivity index (χ4n) is 2.08. The highest BCUT2D eigenvalue weighted by molar-refractivity contribution is 5.97. The lowest BCUT2D eigenvalue weighted by Gasteiger charge is -2.08. The van der Waals surface area contributed by atoms with Gasteiger partial charge in [0.15, 0.2) is 5.78 Å². The van der Waals surface area contributed by atoms with Gasteiger partial charge in [0.2, 0.25) is 0 Å². The number of aliphatic imine (C=N–C) groups is 1. The second-order valence-corrected chi connectivity index (χ2v) is 5.47. The molecule has 23 heavy (non-hydrogen) atoms. The molecule has 0 aromatic heterocycles. The number of ketones is 1. The van der Waals surface area contributed by atoms with Crippen molar-refractivity contribution in [2.75, 3.05) is 27.2 Å². The first-order valence-corrected chi connectivity index (χ1v) is 7.63. The molecule has 4 nitrogen and oxygen atoms in total. The molecule has 0 saturated heterocycles. The van der Waals surface area contributed by atoms with Crippen LogP contribution in [0.3, 0.4) is 0 Å². The highest BCUT2D eigenvalue weighted by atomic mass is 16.5. The van der Waals surface area contributed by atoms with Gasteiger partial charge in [-0.1, -0.05) is 0 Å². The zero-order valence-electron chi connectivity index (χ0n) is 13.8. The number of hydrogen-bond acceptors (Lipinski definition) is 4. The van der Waals surface area contributed by atoms with E-state index >= 15 is 0 Å². The predicted molar refractivity (Wildman–Crippen MR) is 94.2 cm³/mol. The number of carbonyl (C=O) groups excluding carboxylic acids is 1. The fourth-order valence-corrected chi connectivity index (χ4v) is 2.08. The number of benzene rings is 2. The molecule has 0 fully saturated rings. The summed E-state index contributed by atoms with van der Waals surface area (Å²) in [6.07, 6.45) is 1.80. The van der Waals surface area contributed by atoms with Crippen LogP contribution in [0, 0.1) is 0 Å². The van der Waals surface area contributed by atoms with Gasteiger partial charge in [-0.15, -0.1) is 0 Å². The summed E-state index contributed by atoms with van der Waals surface area (Å²) in [5, 5.41) is 0. The van der Waals surface area contributed by atoms with E-state index in [1.165, 1.54) is 0 Å². The summed E-state index contributed by atoms with van der Waals surface area (Å²) < 4.78 is 5.41. The van der Waals surface area contributed by atoms with E-state index in [1.54, 1.807) is 6.21 Å². The Hall–Kier alpha value is -2.46. The van der Waals surface area contributed by atoms with Gasteiger partial charge in [0.25, 0.3) is 0 Å². The number of rotatable bonds is 7. The molecular weight excluding hydrogens is 288 g/mol. The molecule has 0 N–H and O–H groups in total. The Morgan fingerprint density at radius 1 is 1.09 bits per heavy atom. The van der Waals surface area contributed by atoms with Crippen molar-refractivity contribution in [3.63, 3.8) is 0 Å². The Balaban J connectivity index is 2.01. The Labute approximate surface area is 137 Å². The third-order valence-corrected chi connectivity index (χ3v) is 3.20. The lowest BCUT2D eigenvalue weighted by molar-refractivity contribution is 0.0958. The summed E-state index contributed by atoms with van der Waals surface area (Å²) in [5.74, 6) is 0.963. The van der Waals surface area contributed by atoms with E-state index in [0.29, 0.717) is 18.7 Å². The number of likely N-dealkylation sites (N-methyl/N-ethyl adjacent to an activating group) is 1. The summed E-state index contributed by atoms with van der Waals surface area (Å²) in [7, 11) is 3.76. The average Bonchev–Trinajstić information content (AvgIpc) is 2.54. The number of ether oxygens (including phenoxy) is 1. The second-order valence-electron chi connectivity index (χ2n) is 5.47. The molecule has 0 unspecified atom stereocenters. The molecule has 0 aliphatic heterocycles. The van der Waals surface area contributed by atoms with Crippen LogP contribution < -0.4 is 4.74 Å². The molecular formula is C19H22N2O2. The van der Waals surface area contributed by atoms with E-state index in [-0.39, 0.29) is 5.78 Å². The minimum atomic E-state index is 0.108. The zero-order valence-corrected chi connectivity index (χ0v) is 13.8. The van der Waals surface area contributed by atoms with Crippen molar-refractivity contribution >= 4 is 17.7 Å². The molecule has 2 aromatic rings. The fraction of sp³-hybridized carbons (Fsp3) is 0.263. The van der Waals surface area contributed by atoms with Gasteiger partial charge in [-0.05, 0) is 75.1 Å². The van der Waals surface area contributed by atoms with Gasteiger partial charge in [-0.3, -0.25) is 9.79 Å². The SMILES string of the molecule is CCOc1ccc(C=Nc2ccc(C(=O)CN(C)C)cc2)cc1. The van der Waals surface area contributed by atoms with E-state index < -0.39 is 0 Å². The smallest absolute Gasteiger partial charge is 0.176 e. The first-order valence-electron chi connectivity index (χ1n) is 7.63. The highest BCUT2D eigenvalue weighted by Crippen LogP contribution is 2.15. The largest absolute Gasteiger partial charge is 0.494 e. The molecule has 0 bridgehead atoms. The maximum absolute atomic E-state index is 11.9. The molecule has 2 aromatic carbocycles. The van der Waals surface area contributed by atoms with Crippen LogP contribution in [0.25, 0.3) is 0 Å². The standard InChI is InChI=1S/C19H22N2O2/c1-4-23-18-11-5-15(6-12-18)13-20-17-9-7-16(8-10-17)19(22)14-21(2)3/h5-13H,4,14H2,1-3H3. The van der Waals surface area contributed by atoms with E-state index in [0.717, 1.165) is 17.0 Å². The van der Waals surface area contributed by atoms with Gasteiger partial charge in [0.1, 0.15) is 5.75 Å². The van der Waals surface area contributed by atoms with Crippen molar-refractivity contribution < 1.29 is 9.53 Å². The minimum Gasteiger partial charge on any atom is -0.494 e. The van der Waals surface area contributed by atoms with Crippen LogP contribution in [0.2, 0.25) is 0 Å². The van der Waals surface area contributed by atoms with Crippen LogP contribution in [0.5, 0.6) is 5.75 Å². The molecule has 0 heterocycles. The van der Waals surface area contributed by atoms with Gasteiger partial charge < -0.3 is 9.64 Å². The number of hydrogen-bond donors (Lipinski definition) is 0. The van der Waals surface area contributed by atoms with Gasteiger partial charge in [0.05, 0.1) is 18.8 Å². The molecule has 120 valence electrons. The number of nitrogens with zero attached hydrogens (tertiary/aromatic N) is 2. The first-order chi connectivity index (χ1) is 11.1. The average molecular weight is 310 g/mol. The van der Waals surface area contributed by atoms with Gasteiger partial charge in [-0.2, -0.15) is 0 Å². The van der Waals surface area contributed by atoms with Crippen LogP contribution in [0.1, 0.15) is 22.8 Å².